The Morgan fingerprint density at radius 3 is 3.06 bits per heavy atom. The van der Waals surface area contributed by atoms with Crippen LogP contribution in [-0.4, -0.2) is 46.4 Å². The van der Waals surface area contributed by atoms with E-state index in [9.17, 15) is 0 Å². The number of rotatable bonds is 3. The summed E-state index contributed by atoms with van der Waals surface area (Å²) >= 11 is 0. The fourth-order valence-electron chi connectivity index (χ4n) is 3.14. The molecule has 0 aromatic carbocycles. The molecule has 2 aliphatic rings. The van der Waals surface area contributed by atoms with E-state index in [0.717, 1.165) is 18.5 Å². The van der Waals surface area contributed by atoms with Crippen LogP contribution in [0.15, 0.2) is 12.3 Å². The van der Waals surface area contributed by atoms with E-state index in [-0.39, 0.29) is 0 Å². The molecule has 0 amide bonds. The highest BCUT2D eigenvalue weighted by molar-refractivity contribution is 5.01. The Hall–Kier alpha value is -0.870. The van der Waals surface area contributed by atoms with Crippen LogP contribution in [0.25, 0.3) is 0 Å². The van der Waals surface area contributed by atoms with Crippen LogP contribution in [0.1, 0.15) is 25.0 Å². The average Bonchev–Trinajstić information content (AvgIpc) is 2.84. The van der Waals surface area contributed by atoms with Crippen molar-refractivity contribution in [2.24, 2.45) is 7.05 Å². The lowest BCUT2D eigenvalue weighted by Gasteiger charge is -2.23. The zero-order valence-electron chi connectivity index (χ0n) is 10.6. The first-order valence-corrected chi connectivity index (χ1v) is 6.76. The van der Waals surface area contributed by atoms with E-state index >= 15 is 0 Å². The van der Waals surface area contributed by atoms with E-state index in [2.05, 4.69) is 21.4 Å². The summed E-state index contributed by atoms with van der Waals surface area (Å²) in [6, 6.07) is 3.66. The van der Waals surface area contributed by atoms with Crippen LogP contribution in [0.3, 0.4) is 0 Å². The van der Waals surface area contributed by atoms with E-state index < -0.39 is 0 Å². The summed E-state index contributed by atoms with van der Waals surface area (Å²) in [6.45, 7) is 3.66. The molecule has 0 radical (unpaired) electrons. The average molecular weight is 234 g/mol. The maximum atomic E-state index is 4.22. The zero-order chi connectivity index (χ0) is 11.7. The van der Waals surface area contributed by atoms with Gasteiger partial charge < -0.3 is 10.2 Å². The third kappa shape index (κ3) is 2.53. The summed E-state index contributed by atoms with van der Waals surface area (Å²) in [7, 11) is 2.03. The van der Waals surface area contributed by atoms with Crippen molar-refractivity contribution < 1.29 is 0 Å². The molecule has 4 nitrogen and oxygen atoms in total. The van der Waals surface area contributed by atoms with Gasteiger partial charge in [-0.05, 0) is 31.9 Å². The van der Waals surface area contributed by atoms with Crippen molar-refractivity contribution in [1.82, 2.24) is 20.0 Å². The van der Waals surface area contributed by atoms with E-state index in [0.29, 0.717) is 0 Å². The van der Waals surface area contributed by atoms with Crippen LogP contribution < -0.4 is 5.32 Å². The predicted molar refractivity (Wildman–Crippen MR) is 67.9 cm³/mol. The molecule has 2 bridgehead atoms. The Bertz CT molecular complexity index is 373. The molecule has 0 spiro atoms. The second kappa shape index (κ2) is 4.78. The molecule has 0 saturated carbocycles. The third-order valence-electron chi connectivity index (χ3n) is 4.21. The first-order valence-electron chi connectivity index (χ1n) is 6.76. The minimum Gasteiger partial charge on any atom is -0.310 e. The number of nitrogens with one attached hydrogen (secondary N) is 1. The molecule has 94 valence electrons. The Morgan fingerprint density at radius 1 is 1.35 bits per heavy atom. The van der Waals surface area contributed by atoms with Crippen molar-refractivity contribution in [2.75, 3.05) is 19.6 Å². The molecular formula is C13H22N4. The zero-order valence-corrected chi connectivity index (χ0v) is 10.6. The van der Waals surface area contributed by atoms with E-state index in [1.165, 1.54) is 44.6 Å². The molecule has 2 fully saturated rings. The van der Waals surface area contributed by atoms with Crippen molar-refractivity contribution in [3.63, 3.8) is 0 Å². The lowest BCUT2D eigenvalue weighted by atomic mass is 10.1. The normalized spacial score (nSPS) is 29.5. The minimum atomic E-state index is 0.744. The lowest BCUT2D eigenvalue weighted by molar-refractivity contribution is 0.260. The number of aryl methyl sites for hydroxylation is 1. The van der Waals surface area contributed by atoms with Crippen LogP contribution in [0.5, 0.6) is 0 Å². The summed E-state index contributed by atoms with van der Waals surface area (Å²) in [5.41, 5.74) is 1.34. The van der Waals surface area contributed by atoms with Gasteiger partial charge >= 0.3 is 0 Å². The van der Waals surface area contributed by atoms with Gasteiger partial charge in [0, 0.05) is 50.5 Å². The van der Waals surface area contributed by atoms with Gasteiger partial charge in [0.15, 0.2) is 0 Å². The fraction of sp³-hybridized carbons (Fsp3) is 0.769. The van der Waals surface area contributed by atoms with E-state index in [4.69, 9.17) is 0 Å². The molecule has 2 atom stereocenters. The molecule has 2 unspecified atom stereocenters. The highest BCUT2D eigenvalue weighted by Crippen LogP contribution is 2.20. The van der Waals surface area contributed by atoms with Gasteiger partial charge in [-0.1, -0.05) is 0 Å². The molecule has 1 N–H and O–H groups in total. The van der Waals surface area contributed by atoms with Gasteiger partial charge in [0.25, 0.3) is 0 Å². The summed E-state index contributed by atoms with van der Waals surface area (Å²) in [5, 5.41) is 7.95. The van der Waals surface area contributed by atoms with Gasteiger partial charge in [0.2, 0.25) is 0 Å². The first kappa shape index (κ1) is 11.2. The van der Waals surface area contributed by atoms with Crippen molar-refractivity contribution in [3.05, 3.63) is 18.0 Å². The molecule has 1 aromatic rings. The Labute approximate surface area is 103 Å². The van der Waals surface area contributed by atoms with E-state index in [1.54, 1.807) is 0 Å². The highest BCUT2D eigenvalue weighted by Gasteiger charge is 2.28. The molecule has 3 heterocycles. The van der Waals surface area contributed by atoms with Crippen molar-refractivity contribution in [3.8, 4) is 0 Å². The van der Waals surface area contributed by atoms with Crippen LogP contribution in [0, 0.1) is 0 Å². The number of nitrogens with zero attached hydrogens (tertiary/aromatic N) is 3. The molecular weight excluding hydrogens is 212 g/mol. The summed E-state index contributed by atoms with van der Waals surface area (Å²) < 4.78 is 1.99. The van der Waals surface area contributed by atoms with Crippen LogP contribution >= 0.6 is 0 Å². The quantitative estimate of drug-likeness (QED) is 0.839. The van der Waals surface area contributed by atoms with Crippen LogP contribution in [0.2, 0.25) is 0 Å². The van der Waals surface area contributed by atoms with Crippen molar-refractivity contribution in [2.45, 2.75) is 37.8 Å². The molecule has 4 heteroatoms. The lowest BCUT2D eigenvalue weighted by Crippen LogP contribution is -2.36. The van der Waals surface area contributed by atoms with Gasteiger partial charge in [-0.3, -0.25) is 4.68 Å². The first-order chi connectivity index (χ1) is 8.31. The number of fused-ring (bicyclic) bond motifs is 2. The molecule has 17 heavy (non-hydrogen) atoms. The summed E-state index contributed by atoms with van der Waals surface area (Å²) in [4.78, 5) is 2.61. The van der Waals surface area contributed by atoms with E-state index in [1.807, 2.05) is 17.9 Å². The monoisotopic (exact) mass is 234 g/mol. The molecule has 2 saturated heterocycles. The standard InChI is InChI=1S/C13H22N4/c1-16-13(4-7-14-16)6-9-17-8-5-11-2-3-12(10-17)15-11/h4,7,11-12,15H,2-3,5-6,8-10H2,1H3. The maximum Gasteiger partial charge on any atom is 0.0492 e. The molecule has 3 rings (SSSR count). The van der Waals surface area contributed by atoms with Crippen molar-refractivity contribution in [1.29, 1.82) is 0 Å². The van der Waals surface area contributed by atoms with Crippen LogP contribution in [-0.2, 0) is 13.5 Å². The van der Waals surface area contributed by atoms with Crippen LogP contribution in [0.4, 0.5) is 0 Å². The predicted octanol–water partition coefficient (Wildman–Crippen LogP) is 0.789. The minimum absolute atomic E-state index is 0.744. The molecule has 0 aliphatic carbocycles. The number of likely N-dealkylation sites (tertiary alicyclic amines) is 1. The Balaban J connectivity index is 1.53. The summed E-state index contributed by atoms with van der Waals surface area (Å²) in [5.74, 6) is 0. The smallest absolute Gasteiger partial charge is 0.0492 e. The van der Waals surface area contributed by atoms with Gasteiger partial charge in [0.05, 0.1) is 0 Å². The molecule has 2 aliphatic heterocycles. The van der Waals surface area contributed by atoms with Gasteiger partial charge in [-0.25, -0.2) is 0 Å². The highest BCUT2D eigenvalue weighted by atomic mass is 15.3. The second-order valence-electron chi connectivity index (χ2n) is 5.42. The largest absolute Gasteiger partial charge is 0.310 e. The Kier molecular flexibility index (Phi) is 3.16. The van der Waals surface area contributed by atoms with Crippen molar-refractivity contribution >= 4 is 0 Å². The maximum absolute atomic E-state index is 4.22. The number of aromatic nitrogens is 2. The SMILES string of the molecule is Cn1nccc1CCN1CCC2CCC(C1)N2. The van der Waals surface area contributed by atoms with Gasteiger partial charge in [-0.15, -0.1) is 0 Å². The Morgan fingerprint density at radius 2 is 2.24 bits per heavy atom. The third-order valence-corrected chi connectivity index (χ3v) is 4.21. The topological polar surface area (TPSA) is 33.1 Å². The number of hydrogen-bond acceptors (Lipinski definition) is 3. The number of hydrogen-bond donors (Lipinski definition) is 1. The molecule has 1 aromatic heterocycles. The van der Waals surface area contributed by atoms with Gasteiger partial charge in [-0.2, -0.15) is 5.10 Å². The summed E-state index contributed by atoms with van der Waals surface area (Å²) in [6.07, 6.45) is 7.09. The van der Waals surface area contributed by atoms with Gasteiger partial charge in [0.1, 0.15) is 0 Å². The second-order valence-corrected chi connectivity index (χ2v) is 5.42. The fourth-order valence-corrected chi connectivity index (χ4v) is 3.14.